The van der Waals surface area contributed by atoms with Crippen LogP contribution in [-0.4, -0.2) is 14.9 Å². The first-order chi connectivity index (χ1) is 11.9. The third-order valence-electron chi connectivity index (χ3n) is 4.67. The summed E-state index contributed by atoms with van der Waals surface area (Å²) in [6, 6.07) is 11.8. The fraction of sp³-hybridized carbons (Fsp3) is 0.286. The molecule has 0 aliphatic heterocycles. The first-order valence-electron chi connectivity index (χ1n) is 8.39. The van der Waals surface area contributed by atoms with Crippen molar-refractivity contribution < 1.29 is 9.84 Å². The molecule has 0 saturated heterocycles. The fourth-order valence-corrected chi connectivity index (χ4v) is 2.94. The van der Waals surface area contributed by atoms with Crippen LogP contribution in [0, 0.1) is 27.7 Å². The summed E-state index contributed by atoms with van der Waals surface area (Å²) in [6.45, 7) is 8.47. The maximum atomic E-state index is 10.0. The topological polar surface area (TPSA) is 47.3 Å². The lowest BCUT2D eigenvalue weighted by molar-refractivity contribution is 0.296. The Hall–Kier alpha value is -2.75. The zero-order chi connectivity index (χ0) is 18.1. The predicted molar refractivity (Wildman–Crippen MR) is 100 cm³/mol. The van der Waals surface area contributed by atoms with Gasteiger partial charge in [-0.15, -0.1) is 0 Å². The summed E-state index contributed by atoms with van der Waals surface area (Å²) in [6.07, 6.45) is 0. The van der Waals surface area contributed by atoms with Gasteiger partial charge in [0.15, 0.2) is 0 Å². The van der Waals surface area contributed by atoms with Gasteiger partial charge in [0.1, 0.15) is 18.1 Å². The number of rotatable bonds is 4. The Morgan fingerprint density at radius 1 is 1.00 bits per heavy atom. The maximum absolute atomic E-state index is 10.0. The first kappa shape index (κ1) is 17.1. The average molecular weight is 336 g/mol. The predicted octanol–water partition coefficient (Wildman–Crippen LogP) is 4.61. The molecule has 3 rings (SSSR count). The van der Waals surface area contributed by atoms with E-state index in [-0.39, 0.29) is 5.75 Å². The Labute approximate surface area is 148 Å². The van der Waals surface area contributed by atoms with Gasteiger partial charge in [-0.1, -0.05) is 12.1 Å². The maximum Gasteiger partial charge on any atom is 0.123 e. The molecule has 0 radical (unpaired) electrons. The van der Waals surface area contributed by atoms with Gasteiger partial charge >= 0.3 is 0 Å². The molecular formula is C21H24N2O2. The van der Waals surface area contributed by atoms with Crippen molar-refractivity contribution in [1.82, 2.24) is 9.78 Å². The molecule has 4 nitrogen and oxygen atoms in total. The molecule has 0 spiro atoms. The highest BCUT2D eigenvalue weighted by molar-refractivity contribution is 5.66. The minimum atomic E-state index is 0.273. The quantitative estimate of drug-likeness (QED) is 0.757. The molecular weight excluding hydrogens is 312 g/mol. The van der Waals surface area contributed by atoms with Crippen LogP contribution in [0.5, 0.6) is 11.5 Å². The van der Waals surface area contributed by atoms with Crippen molar-refractivity contribution in [3.63, 3.8) is 0 Å². The molecule has 0 aliphatic carbocycles. The molecule has 4 heteroatoms. The number of hydrogen-bond donors (Lipinski definition) is 1. The van der Waals surface area contributed by atoms with Gasteiger partial charge < -0.3 is 9.84 Å². The molecule has 0 fully saturated rings. The molecule has 2 aromatic carbocycles. The van der Waals surface area contributed by atoms with Crippen molar-refractivity contribution in [2.24, 2.45) is 7.05 Å². The van der Waals surface area contributed by atoms with E-state index in [1.807, 2.05) is 50.7 Å². The smallest absolute Gasteiger partial charge is 0.123 e. The third-order valence-corrected chi connectivity index (χ3v) is 4.67. The molecule has 25 heavy (non-hydrogen) atoms. The highest BCUT2D eigenvalue weighted by Crippen LogP contribution is 2.31. The van der Waals surface area contributed by atoms with Gasteiger partial charge in [0, 0.05) is 23.9 Å². The van der Waals surface area contributed by atoms with E-state index in [0.29, 0.717) is 6.61 Å². The van der Waals surface area contributed by atoms with E-state index in [2.05, 4.69) is 24.2 Å². The molecule has 0 bridgehead atoms. The van der Waals surface area contributed by atoms with Crippen molar-refractivity contribution in [2.45, 2.75) is 34.3 Å². The molecule has 0 unspecified atom stereocenters. The van der Waals surface area contributed by atoms with E-state index < -0.39 is 0 Å². The van der Waals surface area contributed by atoms with E-state index in [1.54, 1.807) is 6.07 Å². The van der Waals surface area contributed by atoms with Gasteiger partial charge in [0.05, 0.1) is 5.69 Å². The fourth-order valence-electron chi connectivity index (χ4n) is 2.94. The molecule has 1 N–H and O–H groups in total. The molecule has 0 amide bonds. The summed E-state index contributed by atoms with van der Waals surface area (Å²) in [7, 11) is 1.95. The molecule has 0 aliphatic rings. The lowest BCUT2D eigenvalue weighted by Crippen LogP contribution is -2.01. The zero-order valence-electron chi connectivity index (χ0n) is 15.4. The second-order valence-corrected chi connectivity index (χ2v) is 6.59. The highest BCUT2D eigenvalue weighted by atomic mass is 16.5. The van der Waals surface area contributed by atoms with Crippen LogP contribution < -0.4 is 4.74 Å². The lowest BCUT2D eigenvalue weighted by atomic mass is 10.0. The molecule has 0 atom stereocenters. The van der Waals surface area contributed by atoms with Crippen molar-refractivity contribution in [1.29, 1.82) is 0 Å². The van der Waals surface area contributed by atoms with Crippen LogP contribution in [0.25, 0.3) is 11.3 Å². The summed E-state index contributed by atoms with van der Waals surface area (Å²) in [5.74, 6) is 1.10. The van der Waals surface area contributed by atoms with Crippen molar-refractivity contribution >= 4 is 0 Å². The monoisotopic (exact) mass is 336 g/mol. The van der Waals surface area contributed by atoms with E-state index in [0.717, 1.165) is 45.0 Å². The van der Waals surface area contributed by atoms with Crippen molar-refractivity contribution in [3.05, 3.63) is 64.3 Å². The summed E-state index contributed by atoms with van der Waals surface area (Å²) < 4.78 is 7.88. The number of hydrogen-bond acceptors (Lipinski definition) is 3. The van der Waals surface area contributed by atoms with Gasteiger partial charge in [-0.05, 0) is 68.7 Å². The second-order valence-electron chi connectivity index (χ2n) is 6.59. The number of phenols is 1. The molecule has 3 aromatic rings. The van der Waals surface area contributed by atoms with Crippen LogP contribution in [0.1, 0.15) is 27.9 Å². The van der Waals surface area contributed by atoms with Crippen molar-refractivity contribution in [2.75, 3.05) is 0 Å². The summed E-state index contributed by atoms with van der Waals surface area (Å²) in [5.41, 5.74) is 7.24. The van der Waals surface area contributed by atoms with E-state index >= 15 is 0 Å². The Kier molecular flexibility index (Phi) is 4.53. The van der Waals surface area contributed by atoms with E-state index in [4.69, 9.17) is 4.74 Å². The summed E-state index contributed by atoms with van der Waals surface area (Å²) in [5, 5.41) is 14.6. The number of ether oxygens (including phenoxy) is 1. The Morgan fingerprint density at radius 3 is 2.40 bits per heavy atom. The van der Waals surface area contributed by atoms with Crippen LogP contribution in [0.4, 0.5) is 0 Å². The van der Waals surface area contributed by atoms with Crippen LogP contribution >= 0.6 is 0 Å². The Balaban J connectivity index is 1.88. The standard InChI is InChI=1S/C21H24N2O2/c1-13-7-6-8-20(24)18(13)12-25-21-10-14(2)17(9-15(21)3)19-11-16(4)23(5)22-19/h6-11,24H,12H2,1-5H3. The molecule has 1 heterocycles. The van der Waals surface area contributed by atoms with Gasteiger partial charge in [-0.2, -0.15) is 5.10 Å². The first-order valence-corrected chi connectivity index (χ1v) is 8.39. The molecule has 130 valence electrons. The largest absolute Gasteiger partial charge is 0.508 e. The number of aromatic hydroxyl groups is 1. The van der Waals surface area contributed by atoms with Gasteiger partial charge in [0.25, 0.3) is 0 Å². The molecule has 0 saturated carbocycles. The van der Waals surface area contributed by atoms with Gasteiger partial charge in [0.2, 0.25) is 0 Å². The van der Waals surface area contributed by atoms with Crippen LogP contribution in [0.2, 0.25) is 0 Å². The average Bonchev–Trinajstić information content (AvgIpc) is 2.88. The summed E-state index contributed by atoms with van der Waals surface area (Å²) >= 11 is 0. The number of nitrogens with zero attached hydrogens (tertiary/aromatic N) is 2. The number of aryl methyl sites for hydroxylation is 5. The van der Waals surface area contributed by atoms with Gasteiger partial charge in [-0.3, -0.25) is 4.68 Å². The van der Waals surface area contributed by atoms with E-state index in [1.165, 1.54) is 0 Å². The van der Waals surface area contributed by atoms with Crippen molar-refractivity contribution in [3.8, 4) is 22.8 Å². The highest BCUT2D eigenvalue weighted by Gasteiger charge is 2.12. The SMILES string of the molecule is Cc1cc(-c2cc(C)n(C)n2)c(C)cc1OCc1c(C)cccc1O. The van der Waals surface area contributed by atoms with E-state index in [9.17, 15) is 5.11 Å². The minimum absolute atomic E-state index is 0.273. The number of phenolic OH excluding ortho intramolecular Hbond substituents is 1. The van der Waals surface area contributed by atoms with Crippen LogP contribution in [0.15, 0.2) is 36.4 Å². The van der Waals surface area contributed by atoms with Crippen LogP contribution in [0.3, 0.4) is 0 Å². The zero-order valence-corrected chi connectivity index (χ0v) is 15.4. The Morgan fingerprint density at radius 2 is 1.76 bits per heavy atom. The second kappa shape index (κ2) is 6.63. The molecule has 1 aromatic heterocycles. The number of aromatic nitrogens is 2. The lowest BCUT2D eigenvalue weighted by Gasteiger charge is -2.14. The normalized spacial score (nSPS) is 10.9. The Bertz CT molecular complexity index is 886. The third kappa shape index (κ3) is 3.38. The van der Waals surface area contributed by atoms with Gasteiger partial charge in [-0.25, -0.2) is 0 Å². The minimum Gasteiger partial charge on any atom is -0.508 e. The van der Waals surface area contributed by atoms with Crippen LogP contribution in [-0.2, 0) is 13.7 Å². The number of benzene rings is 2. The summed E-state index contributed by atoms with van der Waals surface area (Å²) in [4.78, 5) is 0.